The molecule has 0 aliphatic heterocycles. The number of amides is 1. The Kier molecular flexibility index (Phi) is 7.90. The Labute approximate surface area is 165 Å². The highest BCUT2D eigenvalue weighted by Crippen LogP contribution is 2.20. The molecule has 0 aliphatic rings. The second kappa shape index (κ2) is 9.48. The second-order valence-corrected chi connectivity index (χ2v) is 8.15. The Hall–Kier alpha value is -2.70. The first-order valence-electron chi connectivity index (χ1n) is 8.82. The third kappa shape index (κ3) is 8.33. The van der Waals surface area contributed by atoms with Gasteiger partial charge in [0.2, 0.25) is 6.08 Å². The Bertz CT molecular complexity index is 714. The van der Waals surface area contributed by atoms with Gasteiger partial charge in [-0.3, -0.25) is 5.32 Å². The van der Waals surface area contributed by atoms with E-state index in [1.807, 2.05) is 6.07 Å². The summed E-state index contributed by atoms with van der Waals surface area (Å²) >= 11 is 0. The Morgan fingerprint density at radius 2 is 1.64 bits per heavy atom. The van der Waals surface area contributed by atoms with Crippen LogP contribution in [0.15, 0.2) is 35.3 Å². The molecule has 0 aliphatic carbocycles. The lowest BCUT2D eigenvalue weighted by atomic mass is 10.1. The van der Waals surface area contributed by atoms with Crippen LogP contribution in [0, 0.1) is 0 Å². The van der Waals surface area contributed by atoms with Crippen molar-refractivity contribution in [1.82, 2.24) is 5.32 Å². The van der Waals surface area contributed by atoms with Crippen molar-refractivity contribution < 1.29 is 28.6 Å². The van der Waals surface area contributed by atoms with Crippen molar-refractivity contribution in [2.24, 2.45) is 4.99 Å². The maximum atomic E-state index is 12.8. The molecule has 154 valence electrons. The Morgan fingerprint density at radius 1 is 1.04 bits per heavy atom. The van der Waals surface area contributed by atoms with Crippen molar-refractivity contribution in [3.63, 3.8) is 0 Å². The summed E-state index contributed by atoms with van der Waals surface area (Å²) in [6.45, 7) is 9.76. The molecule has 0 unspecified atom stereocenters. The molecule has 0 saturated carbocycles. The van der Waals surface area contributed by atoms with E-state index in [1.165, 1.54) is 6.08 Å². The monoisotopic (exact) mass is 392 g/mol. The molecule has 0 spiro atoms. The summed E-state index contributed by atoms with van der Waals surface area (Å²) in [7, 11) is 0. The number of hydrogen-bond acceptors (Lipinski definition) is 7. The predicted octanol–water partition coefficient (Wildman–Crippen LogP) is 3.10. The second-order valence-electron chi connectivity index (χ2n) is 8.15. The number of esters is 1. The number of isocyanates is 1. The van der Waals surface area contributed by atoms with Gasteiger partial charge < -0.3 is 14.2 Å². The summed E-state index contributed by atoms with van der Waals surface area (Å²) in [5.74, 6) is -0.954. The fourth-order valence-electron chi connectivity index (χ4n) is 1.94. The van der Waals surface area contributed by atoms with Crippen LogP contribution >= 0.6 is 0 Å². The van der Waals surface area contributed by atoms with Gasteiger partial charge in [0.15, 0.2) is 0 Å². The van der Waals surface area contributed by atoms with Crippen molar-refractivity contribution in [2.75, 3.05) is 6.61 Å². The molecule has 28 heavy (non-hydrogen) atoms. The number of hydrogen-bond donors (Lipinski definition) is 1. The third-order valence-corrected chi connectivity index (χ3v) is 3.21. The van der Waals surface area contributed by atoms with Crippen LogP contribution in [0.25, 0.3) is 0 Å². The van der Waals surface area contributed by atoms with Gasteiger partial charge in [-0.2, -0.15) is 4.99 Å². The zero-order chi connectivity index (χ0) is 21.4. The van der Waals surface area contributed by atoms with E-state index in [9.17, 15) is 14.4 Å². The first-order chi connectivity index (χ1) is 12.9. The summed E-state index contributed by atoms with van der Waals surface area (Å²) in [5.41, 5.74) is -2.90. The number of aliphatic imine (C=N–C) groups is 1. The lowest BCUT2D eigenvalue weighted by molar-refractivity contribution is -0.167. The summed E-state index contributed by atoms with van der Waals surface area (Å²) in [6, 6.07) is 8.99. The van der Waals surface area contributed by atoms with Gasteiger partial charge in [0.05, 0.1) is 5.60 Å². The smallest absolute Gasteiger partial charge is 0.409 e. The standard InChI is InChI=1S/C20H28N2O6/c1-18(2,3)27-13-20(21-14-23,16(24)28-19(4,5)6)22-17(25)26-12-15-10-8-7-9-11-15/h7-11H,12-13H2,1-6H3,(H,22,25)/t20-/m1/s1. The molecule has 0 fully saturated rings. The number of rotatable bonds is 7. The quantitative estimate of drug-likeness (QED) is 0.434. The minimum Gasteiger partial charge on any atom is -0.457 e. The molecule has 0 bridgehead atoms. The fourth-order valence-corrected chi connectivity index (χ4v) is 1.94. The van der Waals surface area contributed by atoms with Gasteiger partial charge in [-0.1, -0.05) is 30.3 Å². The summed E-state index contributed by atoms with van der Waals surface area (Å²) < 4.78 is 16.1. The average Bonchev–Trinajstić information content (AvgIpc) is 2.57. The molecule has 1 rings (SSSR count). The van der Waals surface area contributed by atoms with E-state index in [2.05, 4.69) is 10.3 Å². The van der Waals surface area contributed by atoms with Crippen molar-refractivity contribution in [1.29, 1.82) is 0 Å². The van der Waals surface area contributed by atoms with Crippen LogP contribution in [-0.2, 0) is 30.4 Å². The fraction of sp³-hybridized carbons (Fsp3) is 0.550. The highest BCUT2D eigenvalue weighted by Gasteiger charge is 2.45. The Balaban J connectivity index is 3.03. The van der Waals surface area contributed by atoms with Gasteiger partial charge in [0, 0.05) is 0 Å². The number of carbonyl (C=O) groups is 2. The zero-order valence-electron chi connectivity index (χ0n) is 17.2. The lowest BCUT2D eigenvalue weighted by Gasteiger charge is -2.32. The maximum absolute atomic E-state index is 12.8. The minimum atomic E-state index is -2.11. The van der Waals surface area contributed by atoms with Gasteiger partial charge in [0.25, 0.3) is 5.66 Å². The Morgan fingerprint density at radius 3 is 2.14 bits per heavy atom. The molecule has 0 aromatic heterocycles. The molecule has 1 atom stereocenters. The molecule has 8 heteroatoms. The van der Waals surface area contributed by atoms with E-state index < -0.39 is 35.5 Å². The van der Waals surface area contributed by atoms with E-state index in [0.717, 1.165) is 5.56 Å². The summed E-state index contributed by atoms with van der Waals surface area (Å²) in [6.07, 6.45) is 0.362. The van der Waals surface area contributed by atoms with Crippen LogP contribution in [0.5, 0.6) is 0 Å². The molecular formula is C20H28N2O6. The minimum absolute atomic E-state index is 0.0258. The molecule has 1 aromatic carbocycles. The molecule has 1 amide bonds. The van der Waals surface area contributed by atoms with Crippen molar-refractivity contribution in [2.45, 2.75) is 65.0 Å². The first-order valence-corrected chi connectivity index (χ1v) is 8.82. The topological polar surface area (TPSA) is 103 Å². The maximum Gasteiger partial charge on any atom is 0.409 e. The first kappa shape index (κ1) is 23.3. The van der Waals surface area contributed by atoms with Gasteiger partial charge in [-0.05, 0) is 47.1 Å². The number of nitrogens with one attached hydrogen (secondary N) is 1. The third-order valence-electron chi connectivity index (χ3n) is 3.21. The lowest BCUT2D eigenvalue weighted by Crippen LogP contribution is -2.59. The zero-order valence-corrected chi connectivity index (χ0v) is 17.2. The van der Waals surface area contributed by atoms with Crippen molar-refractivity contribution in [3.05, 3.63) is 35.9 Å². The van der Waals surface area contributed by atoms with Crippen LogP contribution in [0.1, 0.15) is 47.1 Å². The van der Waals surface area contributed by atoms with Gasteiger partial charge in [0.1, 0.15) is 18.8 Å². The number of carbonyl (C=O) groups excluding carboxylic acids is 3. The van der Waals surface area contributed by atoms with Crippen LogP contribution in [-0.4, -0.2) is 41.6 Å². The normalized spacial score (nSPS) is 13.6. The van der Waals surface area contributed by atoms with Crippen LogP contribution < -0.4 is 5.32 Å². The van der Waals surface area contributed by atoms with Crippen LogP contribution in [0.2, 0.25) is 0 Å². The van der Waals surface area contributed by atoms with E-state index in [4.69, 9.17) is 14.2 Å². The number of alkyl carbamates (subject to hydrolysis) is 1. The van der Waals surface area contributed by atoms with E-state index in [1.54, 1.807) is 65.8 Å². The van der Waals surface area contributed by atoms with Crippen molar-refractivity contribution in [3.8, 4) is 0 Å². The number of nitrogens with zero attached hydrogens (tertiary/aromatic N) is 1. The summed E-state index contributed by atoms with van der Waals surface area (Å²) in [5, 5.41) is 2.31. The molecule has 0 radical (unpaired) electrons. The largest absolute Gasteiger partial charge is 0.457 e. The highest BCUT2D eigenvalue weighted by molar-refractivity contribution is 5.86. The molecular weight excluding hydrogens is 364 g/mol. The van der Waals surface area contributed by atoms with Gasteiger partial charge in [-0.15, -0.1) is 0 Å². The van der Waals surface area contributed by atoms with Gasteiger partial charge in [-0.25, -0.2) is 14.4 Å². The average molecular weight is 392 g/mol. The molecule has 1 aromatic rings. The van der Waals surface area contributed by atoms with Gasteiger partial charge >= 0.3 is 12.1 Å². The number of benzene rings is 1. The summed E-state index contributed by atoms with van der Waals surface area (Å²) in [4.78, 5) is 39.6. The predicted molar refractivity (Wildman–Crippen MR) is 102 cm³/mol. The van der Waals surface area contributed by atoms with E-state index in [0.29, 0.717) is 0 Å². The van der Waals surface area contributed by atoms with E-state index >= 15 is 0 Å². The molecule has 1 N–H and O–H groups in total. The molecule has 0 saturated heterocycles. The molecule has 8 nitrogen and oxygen atoms in total. The van der Waals surface area contributed by atoms with Crippen LogP contribution in [0.4, 0.5) is 4.79 Å². The SMILES string of the molecule is CC(C)(C)OC[C@@](N=C=O)(NC(=O)OCc1ccccc1)C(=O)OC(C)(C)C. The number of ether oxygens (including phenoxy) is 3. The van der Waals surface area contributed by atoms with Crippen molar-refractivity contribution >= 4 is 18.1 Å². The van der Waals surface area contributed by atoms with Crippen LogP contribution in [0.3, 0.4) is 0 Å². The molecule has 0 heterocycles. The highest BCUT2D eigenvalue weighted by atomic mass is 16.6. The van der Waals surface area contributed by atoms with E-state index in [-0.39, 0.29) is 6.61 Å².